The maximum Gasteiger partial charge on any atom is 0.131 e. The summed E-state index contributed by atoms with van der Waals surface area (Å²) >= 11 is 5.85. The minimum atomic E-state index is 0.733. The second-order valence-corrected chi connectivity index (χ2v) is 3.97. The third-order valence-corrected chi connectivity index (χ3v) is 2.66. The quantitative estimate of drug-likeness (QED) is 0.887. The van der Waals surface area contributed by atoms with Crippen molar-refractivity contribution in [2.75, 3.05) is 13.6 Å². The highest BCUT2D eigenvalue weighted by atomic mass is 35.5. The Morgan fingerprint density at radius 1 is 1.31 bits per heavy atom. The van der Waals surface area contributed by atoms with Crippen LogP contribution in [0, 0.1) is 0 Å². The van der Waals surface area contributed by atoms with E-state index >= 15 is 0 Å². The van der Waals surface area contributed by atoms with Crippen molar-refractivity contribution in [2.24, 2.45) is 0 Å². The molecular formula is C12H13ClN2O. The molecule has 0 saturated heterocycles. The molecular weight excluding hydrogens is 224 g/mol. The van der Waals surface area contributed by atoms with Crippen molar-refractivity contribution in [1.29, 1.82) is 0 Å². The summed E-state index contributed by atoms with van der Waals surface area (Å²) in [4.78, 5) is 0. The Bertz CT molecular complexity index is 450. The van der Waals surface area contributed by atoms with Gasteiger partial charge < -0.3 is 9.84 Å². The molecule has 0 aliphatic rings. The fraction of sp³-hybridized carbons (Fsp3) is 0.250. The molecule has 84 valence electrons. The first-order valence-corrected chi connectivity index (χ1v) is 5.53. The van der Waals surface area contributed by atoms with Gasteiger partial charge in [0.15, 0.2) is 0 Å². The Labute approximate surface area is 99.4 Å². The van der Waals surface area contributed by atoms with Crippen molar-refractivity contribution in [1.82, 2.24) is 10.5 Å². The molecule has 1 N–H and O–H groups in total. The molecule has 4 heteroatoms. The Hall–Kier alpha value is -1.32. The lowest BCUT2D eigenvalue weighted by atomic mass is 10.1. The molecule has 0 radical (unpaired) electrons. The van der Waals surface area contributed by atoms with E-state index in [1.807, 2.05) is 31.3 Å². The van der Waals surface area contributed by atoms with E-state index in [-0.39, 0.29) is 0 Å². The zero-order valence-electron chi connectivity index (χ0n) is 9.03. The van der Waals surface area contributed by atoms with Gasteiger partial charge in [0.25, 0.3) is 0 Å². The Balaban J connectivity index is 2.26. The molecule has 1 heterocycles. The van der Waals surface area contributed by atoms with Crippen LogP contribution in [0.15, 0.2) is 35.1 Å². The van der Waals surface area contributed by atoms with Gasteiger partial charge in [-0.1, -0.05) is 28.9 Å². The first-order chi connectivity index (χ1) is 7.81. The van der Waals surface area contributed by atoms with Gasteiger partial charge in [0, 0.05) is 23.6 Å². The molecule has 1 aromatic carbocycles. The molecule has 0 aliphatic heterocycles. The third kappa shape index (κ3) is 2.43. The minimum absolute atomic E-state index is 0.733. The number of hydrogen-bond donors (Lipinski definition) is 1. The van der Waals surface area contributed by atoms with E-state index in [0.717, 1.165) is 34.8 Å². The maximum absolute atomic E-state index is 5.85. The number of benzene rings is 1. The summed E-state index contributed by atoms with van der Waals surface area (Å²) in [5.74, 6) is 0. The molecule has 0 aliphatic carbocycles. The van der Waals surface area contributed by atoms with Crippen LogP contribution >= 0.6 is 11.6 Å². The molecule has 0 saturated carbocycles. The summed E-state index contributed by atoms with van der Waals surface area (Å²) in [5.41, 5.74) is 3.08. The van der Waals surface area contributed by atoms with Gasteiger partial charge in [-0.2, -0.15) is 0 Å². The lowest BCUT2D eigenvalue weighted by Crippen LogP contribution is -2.10. The van der Waals surface area contributed by atoms with E-state index in [4.69, 9.17) is 16.1 Å². The van der Waals surface area contributed by atoms with Gasteiger partial charge in [0.1, 0.15) is 6.26 Å². The molecule has 0 unspecified atom stereocenters. The summed E-state index contributed by atoms with van der Waals surface area (Å²) < 4.78 is 5.02. The number of rotatable bonds is 4. The Kier molecular flexibility index (Phi) is 3.59. The van der Waals surface area contributed by atoms with Crippen molar-refractivity contribution < 1.29 is 4.52 Å². The van der Waals surface area contributed by atoms with Gasteiger partial charge in [-0.05, 0) is 24.7 Å². The number of aromatic nitrogens is 1. The molecule has 0 atom stereocenters. The van der Waals surface area contributed by atoms with Gasteiger partial charge in [0.05, 0.1) is 5.69 Å². The van der Waals surface area contributed by atoms with Crippen LogP contribution in [0.3, 0.4) is 0 Å². The average molecular weight is 237 g/mol. The lowest BCUT2D eigenvalue weighted by Gasteiger charge is -2.01. The smallest absolute Gasteiger partial charge is 0.131 e. The van der Waals surface area contributed by atoms with Crippen LogP contribution in [0.5, 0.6) is 0 Å². The van der Waals surface area contributed by atoms with Crippen molar-refractivity contribution in [3.63, 3.8) is 0 Å². The zero-order valence-corrected chi connectivity index (χ0v) is 9.79. The van der Waals surface area contributed by atoms with E-state index < -0.39 is 0 Å². The van der Waals surface area contributed by atoms with Gasteiger partial charge in [-0.15, -0.1) is 0 Å². The predicted octanol–water partition coefficient (Wildman–Crippen LogP) is 2.76. The number of likely N-dealkylation sites (N-methyl/N-ethyl adjacent to an activating group) is 1. The van der Waals surface area contributed by atoms with E-state index in [9.17, 15) is 0 Å². The summed E-state index contributed by atoms with van der Waals surface area (Å²) in [6, 6.07) is 7.67. The number of hydrogen-bond acceptors (Lipinski definition) is 3. The highest BCUT2D eigenvalue weighted by Crippen LogP contribution is 2.24. The summed E-state index contributed by atoms with van der Waals surface area (Å²) in [5, 5.41) is 7.83. The van der Waals surface area contributed by atoms with Crippen molar-refractivity contribution in [3.05, 3.63) is 41.2 Å². The first kappa shape index (κ1) is 11.2. The fourth-order valence-corrected chi connectivity index (χ4v) is 1.67. The molecule has 1 aromatic heterocycles. The molecule has 3 nitrogen and oxygen atoms in total. The van der Waals surface area contributed by atoms with Crippen LogP contribution in [0.25, 0.3) is 11.1 Å². The molecule has 2 rings (SSSR count). The summed E-state index contributed by atoms with van der Waals surface area (Å²) in [6.07, 6.45) is 2.53. The van der Waals surface area contributed by atoms with Gasteiger partial charge >= 0.3 is 0 Å². The second kappa shape index (κ2) is 5.14. The maximum atomic E-state index is 5.85. The largest absolute Gasteiger partial charge is 0.364 e. The number of nitrogens with one attached hydrogen (secondary N) is 1. The highest BCUT2D eigenvalue weighted by molar-refractivity contribution is 6.30. The van der Waals surface area contributed by atoms with Crippen LogP contribution in [-0.4, -0.2) is 18.7 Å². The molecule has 0 fully saturated rings. The highest BCUT2D eigenvalue weighted by Gasteiger charge is 2.09. The summed E-state index contributed by atoms with van der Waals surface area (Å²) in [7, 11) is 1.92. The van der Waals surface area contributed by atoms with Crippen LogP contribution in [0.1, 0.15) is 5.69 Å². The lowest BCUT2D eigenvalue weighted by molar-refractivity contribution is 0.411. The average Bonchev–Trinajstić information content (AvgIpc) is 2.75. The van der Waals surface area contributed by atoms with E-state index in [1.54, 1.807) is 6.26 Å². The molecule has 0 spiro atoms. The van der Waals surface area contributed by atoms with E-state index in [0.29, 0.717) is 0 Å². The molecule has 0 amide bonds. The second-order valence-electron chi connectivity index (χ2n) is 3.54. The van der Waals surface area contributed by atoms with Crippen LogP contribution in [0.4, 0.5) is 0 Å². The van der Waals surface area contributed by atoms with Crippen LogP contribution in [0.2, 0.25) is 5.02 Å². The van der Waals surface area contributed by atoms with Crippen molar-refractivity contribution >= 4 is 11.6 Å². The van der Waals surface area contributed by atoms with Crippen LogP contribution in [-0.2, 0) is 6.42 Å². The first-order valence-electron chi connectivity index (χ1n) is 5.15. The third-order valence-electron chi connectivity index (χ3n) is 2.41. The van der Waals surface area contributed by atoms with Gasteiger partial charge in [0.2, 0.25) is 0 Å². The van der Waals surface area contributed by atoms with Crippen LogP contribution < -0.4 is 5.32 Å². The Morgan fingerprint density at radius 2 is 2.06 bits per heavy atom. The normalized spacial score (nSPS) is 10.6. The summed E-state index contributed by atoms with van der Waals surface area (Å²) in [6.45, 7) is 0.882. The number of nitrogens with zero attached hydrogens (tertiary/aromatic N) is 1. The van der Waals surface area contributed by atoms with Crippen molar-refractivity contribution in [3.8, 4) is 11.1 Å². The van der Waals surface area contributed by atoms with E-state index in [1.165, 1.54) is 0 Å². The Morgan fingerprint density at radius 3 is 2.75 bits per heavy atom. The zero-order chi connectivity index (χ0) is 11.4. The SMILES string of the molecule is CNCCc1nocc1-c1ccc(Cl)cc1. The molecule has 16 heavy (non-hydrogen) atoms. The minimum Gasteiger partial charge on any atom is -0.364 e. The fourth-order valence-electron chi connectivity index (χ4n) is 1.55. The molecule has 2 aromatic rings. The van der Waals surface area contributed by atoms with E-state index in [2.05, 4.69) is 10.5 Å². The van der Waals surface area contributed by atoms with Crippen molar-refractivity contribution in [2.45, 2.75) is 6.42 Å². The monoisotopic (exact) mass is 236 g/mol. The van der Waals surface area contributed by atoms with Gasteiger partial charge in [-0.25, -0.2) is 0 Å². The predicted molar refractivity (Wildman–Crippen MR) is 64.6 cm³/mol. The standard InChI is InChI=1S/C12H13ClN2O/c1-14-7-6-12-11(8-16-15-12)9-2-4-10(13)5-3-9/h2-5,8,14H,6-7H2,1H3. The number of halogens is 1. The molecule has 0 bridgehead atoms. The van der Waals surface area contributed by atoms with Gasteiger partial charge in [-0.3, -0.25) is 0 Å². The topological polar surface area (TPSA) is 38.1 Å².